The van der Waals surface area contributed by atoms with Crippen molar-refractivity contribution in [3.63, 3.8) is 0 Å². The van der Waals surface area contributed by atoms with Crippen LogP contribution in [0.3, 0.4) is 0 Å². The zero-order valence-electron chi connectivity index (χ0n) is 11.6. The second kappa shape index (κ2) is 5.36. The fourth-order valence-electron chi connectivity index (χ4n) is 2.13. The van der Waals surface area contributed by atoms with E-state index in [9.17, 15) is 0 Å². The molecule has 2 aromatic heterocycles. The van der Waals surface area contributed by atoms with Crippen LogP contribution >= 0.6 is 0 Å². The smallest absolute Gasteiger partial charge is 0.0315 e. The first-order valence-electron chi connectivity index (χ1n) is 6.34. The number of hydrogen-bond donors (Lipinski definition) is 1. The van der Waals surface area contributed by atoms with E-state index in [1.54, 1.807) is 6.20 Å². The van der Waals surface area contributed by atoms with Gasteiger partial charge in [-0.15, -0.1) is 0 Å². The van der Waals surface area contributed by atoms with Gasteiger partial charge in [0.1, 0.15) is 0 Å². The van der Waals surface area contributed by atoms with Crippen LogP contribution in [0.5, 0.6) is 0 Å². The van der Waals surface area contributed by atoms with E-state index in [4.69, 9.17) is 0 Å². The largest absolute Gasteiger partial charge is 0.352 e. The Labute approximate surface area is 109 Å². The average Bonchev–Trinajstić information content (AvgIpc) is 2.64. The third kappa shape index (κ3) is 2.62. The Morgan fingerprint density at radius 3 is 2.72 bits per heavy atom. The summed E-state index contributed by atoms with van der Waals surface area (Å²) in [5, 5.41) is 3.54. The molecule has 0 amide bonds. The normalized spacial score (nSPS) is 12.7. The second-order valence-electron chi connectivity index (χ2n) is 4.84. The van der Waals surface area contributed by atoms with Gasteiger partial charge in [0.2, 0.25) is 0 Å². The lowest BCUT2D eigenvalue weighted by Gasteiger charge is -2.13. The third-order valence-electron chi connectivity index (χ3n) is 3.66. The van der Waals surface area contributed by atoms with Crippen molar-refractivity contribution in [3.8, 4) is 0 Å². The first kappa shape index (κ1) is 12.8. The van der Waals surface area contributed by atoms with Crippen LogP contribution in [0.1, 0.15) is 35.5 Å². The summed E-state index contributed by atoms with van der Waals surface area (Å²) in [4.78, 5) is 4.15. The van der Waals surface area contributed by atoms with Gasteiger partial charge < -0.3 is 9.88 Å². The van der Waals surface area contributed by atoms with Crippen molar-refractivity contribution in [1.82, 2.24) is 14.9 Å². The van der Waals surface area contributed by atoms with Crippen LogP contribution < -0.4 is 5.32 Å². The predicted molar refractivity (Wildman–Crippen MR) is 74.4 cm³/mol. The van der Waals surface area contributed by atoms with Gasteiger partial charge in [-0.25, -0.2) is 0 Å². The highest BCUT2D eigenvalue weighted by atomic mass is 15.0. The number of nitrogens with one attached hydrogen (secondary N) is 1. The first-order chi connectivity index (χ1) is 8.59. The SMILES string of the molecule is Cc1cc(CN[C@@H](C)c2cccnc2)c(C)n1C. The van der Waals surface area contributed by atoms with E-state index >= 15 is 0 Å². The van der Waals surface area contributed by atoms with E-state index < -0.39 is 0 Å². The Balaban J connectivity index is 2.02. The lowest BCUT2D eigenvalue weighted by atomic mass is 10.1. The highest BCUT2D eigenvalue weighted by Gasteiger charge is 2.08. The monoisotopic (exact) mass is 243 g/mol. The molecule has 1 N–H and O–H groups in total. The van der Waals surface area contributed by atoms with Crippen molar-refractivity contribution in [3.05, 3.63) is 53.1 Å². The van der Waals surface area contributed by atoms with Crippen LogP contribution in [0.2, 0.25) is 0 Å². The Bertz CT molecular complexity index is 514. The molecule has 0 aliphatic heterocycles. The number of aryl methyl sites for hydroxylation is 1. The molecular weight excluding hydrogens is 222 g/mol. The highest BCUT2D eigenvalue weighted by Crippen LogP contribution is 2.15. The molecule has 3 nitrogen and oxygen atoms in total. The van der Waals surface area contributed by atoms with E-state index in [1.807, 2.05) is 12.3 Å². The van der Waals surface area contributed by atoms with E-state index in [0.29, 0.717) is 6.04 Å². The van der Waals surface area contributed by atoms with Crippen LogP contribution in [0.25, 0.3) is 0 Å². The molecule has 2 rings (SSSR count). The summed E-state index contributed by atoms with van der Waals surface area (Å²) in [7, 11) is 2.11. The van der Waals surface area contributed by atoms with E-state index in [1.165, 1.54) is 22.5 Å². The molecule has 18 heavy (non-hydrogen) atoms. The minimum absolute atomic E-state index is 0.318. The summed E-state index contributed by atoms with van der Waals surface area (Å²) in [5.74, 6) is 0. The summed E-state index contributed by atoms with van der Waals surface area (Å²) in [6.07, 6.45) is 3.72. The lowest BCUT2D eigenvalue weighted by Crippen LogP contribution is -2.18. The molecule has 0 spiro atoms. The summed E-state index contributed by atoms with van der Waals surface area (Å²) < 4.78 is 2.23. The Morgan fingerprint density at radius 1 is 1.39 bits per heavy atom. The summed E-state index contributed by atoms with van der Waals surface area (Å²) in [6, 6.07) is 6.65. The average molecular weight is 243 g/mol. The summed E-state index contributed by atoms with van der Waals surface area (Å²) >= 11 is 0. The van der Waals surface area contributed by atoms with Gasteiger partial charge in [0.25, 0.3) is 0 Å². The number of aromatic nitrogens is 2. The van der Waals surface area contributed by atoms with Crippen molar-refractivity contribution in [1.29, 1.82) is 0 Å². The van der Waals surface area contributed by atoms with Crippen molar-refractivity contribution in [2.24, 2.45) is 7.05 Å². The van der Waals surface area contributed by atoms with E-state index in [-0.39, 0.29) is 0 Å². The zero-order chi connectivity index (χ0) is 13.1. The fraction of sp³-hybridized carbons (Fsp3) is 0.400. The molecule has 0 bridgehead atoms. The maximum Gasteiger partial charge on any atom is 0.0315 e. The standard InChI is InChI=1S/C15H21N3/c1-11-8-15(13(3)18(11)4)10-17-12(2)14-6-5-7-16-9-14/h5-9,12,17H,10H2,1-4H3/t12-/m0/s1. The summed E-state index contributed by atoms with van der Waals surface area (Å²) in [6.45, 7) is 7.37. The topological polar surface area (TPSA) is 29.9 Å². The van der Waals surface area contributed by atoms with Crippen LogP contribution in [0, 0.1) is 13.8 Å². The van der Waals surface area contributed by atoms with Crippen LogP contribution in [0.15, 0.2) is 30.6 Å². The van der Waals surface area contributed by atoms with Gasteiger partial charge in [-0.1, -0.05) is 6.07 Å². The van der Waals surface area contributed by atoms with Gasteiger partial charge >= 0.3 is 0 Å². The number of rotatable bonds is 4. The van der Waals surface area contributed by atoms with E-state index in [2.05, 4.69) is 54.8 Å². The quantitative estimate of drug-likeness (QED) is 0.895. The number of hydrogen-bond acceptors (Lipinski definition) is 2. The Kier molecular flexibility index (Phi) is 3.82. The molecule has 1 atom stereocenters. The van der Waals surface area contributed by atoms with Crippen molar-refractivity contribution < 1.29 is 0 Å². The minimum Gasteiger partial charge on any atom is -0.352 e. The maximum atomic E-state index is 4.15. The van der Waals surface area contributed by atoms with Gasteiger partial charge in [-0.2, -0.15) is 0 Å². The van der Waals surface area contributed by atoms with Crippen LogP contribution in [-0.4, -0.2) is 9.55 Å². The van der Waals surface area contributed by atoms with Crippen molar-refractivity contribution >= 4 is 0 Å². The summed E-state index contributed by atoms with van der Waals surface area (Å²) in [5.41, 5.74) is 5.23. The molecule has 2 aromatic rings. The molecule has 96 valence electrons. The lowest BCUT2D eigenvalue weighted by molar-refractivity contribution is 0.571. The van der Waals surface area contributed by atoms with Crippen molar-refractivity contribution in [2.75, 3.05) is 0 Å². The Morgan fingerprint density at radius 2 is 2.17 bits per heavy atom. The molecule has 0 unspecified atom stereocenters. The predicted octanol–water partition coefficient (Wildman–Crippen LogP) is 2.89. The molecular formula is C15H21N3. The maximum absolute atomic E-state index is 4.15. The molecule has 0 aromatic carbocycles. The molecule has 0 fully saturated rings. The van der Waals surface area contributed by atoms with Crippen LogP contribution in [-0.2, 0) is 13.6 Å². The molecule has 2 heterocycles. The number of pyridine rings is 1. The highest BCUT2D eigenvalue weighted by molar-refractivity contribution is 5.26. The minimum atomic E-state index is 0.318. The fourth-order valence-corrected chi connectivity index (χ4v) is 2.13. The molecule has 0 saturated carbocycles. The van der Waals surface area contributed by atoms with Gasteiger partial charge in [-0.3, -0.25) is 4.98 Å². The second-order valence-corrected chi connectivity index (χ2v) is 4.84. The third-order valence-corrected chi connectivity index (χ3v) is 3.66. The van der Waals surface area contributed by atoms with E-state index in [0.717, 1.165) is 6.54 Å². The molecule has 0 saturated heterocycles. The Hall–Kier alpha value is -1.61. The molecule has 0 radical (unpaired) electrons. The van der Waals surface area contributed by atoms with Gasteiger partial charge in [0, 0.05) is 43.4 Å². The van der Waals surface area contributed by atoms with Gasteiger partial charge in [0.05, 0.1) is 0 Å². The molecule has 0 aliphatic carbocycles. The van der Waals surface area contributed by atoms with Crippen LogP contribution in [0.4, 0.5) is 0 Å². The first-order valence-corrected chi connectivity index (χ1v) is 6.34. The number of nitrogens with zero attached hydrogens (tertiary/aromatic N) is 2. The van der Waals surface area contributed by atoms with Gasteiger partial charge in [-0.05, 0) is 44.0 Å². The van der Waals surface area contributed by atoms with Gasteiger partial charge in [0.15, 0.2) is 0 Å². The molecule has 3 heteroatoms. The molecule has 0 aliphatic rings. The van der Waals surface area contributed by atoms with Crippen molar-refractivity contribution in [2.45, 2.75) is 33.4 Å². The zero-order valence-corrected chi connectivity index (χ0v) is 11.6.